The molecule has 1 aliphatic rings. The maximum atomic E-state index is 11.3. The number of para-hydroxylation sites is 2. The van der Waals surface area contributed by atoms with Crippen molar-refractivity contribution in [1.82, 2.24) is 14.5 Å². The number of aromatic nitrogens is 3. The van der Waals surface area contributed by atoms with Crippen molar-refractivity contribution < 1.29 is 14.3 Å². The number of imidazole rings is 1. The van der Waals surface area contributed by atoms with Crippen molar-refractivity contribution in [2.45, 2.75) is 25.3 Å². The van der Waals surface area contributed by atoms with Crippen molar-refractivity contribution in [3.63, 3.8) is 0 Å². The lowest BCUT2D eigenvalue weighted by atomic mass is 10.1. The second kappa shape index (κ2) is 6.64. The van der Waals surface area contributed by atoms with E-state index in [0.29, 0.717) is 18.7 Å². The van der Waals surface area contributed by atoms with Crippen LogP contribution in [0.3, 0.4) is 0 Å². The first-order valence-corrected chi connectivity index (χ1v) is 9.40. The van der Waals surface area contributed by atoms with Gasteiger partial charge in [0, 0.05) is 11.6 Å². The number of fused-ring (bicyclic) bond motifs is 1. The van der Waals surface area contributed by atoms with E-state index >= 15 is 0 Å². The number of hydrogen-bond acceptors (Lipinski definition) is 4. The third-order valence-electron chi connectivity index (χ3n) is 5.54. The van der Waals surface area contributed by atoms with E-state index in [0.717, 1.165) is 34.3 Å². The highest BCUT2D eigenvalue weighted by molar-refractivity contribution is 5.76. The molecule has 0 radical (unpaired) electrons. The van der Waals surface area contributed by atoms with Gasteiger partial charge < -0.3 is 14.1 Å². The molecule has 0 aliphatic heterocycles. The van der Waals surface area contributed by atoms with Crippen LogP contribution < -0.4 is 0 Å². The number of rotatable bonds is 4. The first-order chi connectivity index (χ1) is 13.7. The summed E-state index contributed by atoms with van der Waals surface area (Å²) in [6.45, 7) is 0. The molecule has 2 aromatic heterocycles. The number of oxazole rings is 1. The second-order valence-electron chi connectivity index (χ2n) is 7.25. The number of benzene rings is 2. The normalized spacial score (nSPS) is 19.3. The fourth-order valence-corrected chi connectivity index (χ4v) is 4.03. The maximum Gasteiger partial charge on any atom is 0.306 e. The highest BCUT2D eigenvalue weighted by Crippen LogP contribution is 2.37. The van der Waals surface area contributed by atoms with Crippen molar-refractivity contribution >= 4 is 17.1 Å². The SMILES string of the molecule is O=C(O)[C@H]1CC[C@@H](n2cncc2-c2ccc(-c3nc4ccccc4o3)cc2)C1. The minimum Gasteiger partial charge on any atom is -0.481 e. The van der Waals surface area contributed by atoms with E-state index in [1.165, 1.54) is 0 Å². The standard InChI is InChI=1S/C22H19N3O3/c26-22(27)16-9-10-17(11-16)25-13-23-12-19(25)14-5-7-15(8-6-14)21-24-18-3-1-2-4-20(18)28-21/h1-8,12-13,16-17H,9-11H2,(H,26,27)/t16-,17+/m0/s1. The molecule has 1 saturated carbocycles. The summed E-state index contributed by atoms with van der Waals surface area (Å²) in [5.41, 5.74) is 4.57. The Hall–Kier alpha value is -3.41. The Labute approximate surface area is 161 Å². The van der Waals surface area contributed by atoms with E-state index in [1.54, 1.807) is 6.33 Å². The van der Waals surface area contributed by atoms with Crippen LogP contribution >= 0.6 is 0 Å². The van der Waals surface area contributed by atoms with Gasteiger partial charge in [0.15, 0.2) is 5.58 Å². The zero-order chi connectivity index (χ0) is 19.1. The Morgan fingerprint density at radius 2 is 1.86 bits per heavy atom. The van der Waals surface area contributed by atoms with E-state index in [1.807, 2.05) is 54.7 Å². The minimum atomic E-state index is -0.702. The Morgan fingerprint density at radius 3 is 2.61 bits per heavy atom. The zero-order valence-electron chi connectivity index (χ0n) is 15.2. The molecule has 0 saturated heterocycles. The number of aliphatic carboxylic acids is 1. The second-order valence-corrected chi connectivity index (χ2v) is 7.25. The van der Waals surface area contributed by atoms with Crippen LogP contribution in [0.4, 0.5) is 0 Å². The van der Waals surface area contributed by atoms with Gasteiger partial charge in [-0.15, -0.1) is 0 Å². The Balaban J connectivity index is 1.42. The lowest BCUT2D eigenvalue weighted by Crippen LogP contribution is -2.11. The van der Waals surface area contributed by atoms with Crippen molar-refractivity contribution in [2.24, 2.45) is 5.92 Å². The number of hydrogen-bond donors (Lipinski definition) is 1. The monoisotopic (exact) mass is 373 g/mol. The molecule has 0 amide bonds. The van der Waals surface area contributed by atoms with Gasteiger partial charge in [-0.2, -0.15) is 0 Å². The maximum absolute atomic E-state index is 11.3. The van der Waals surface area contributed by atoms with Gasteiger partial charge in [0.05, 0.1) is 24.1 Å². The zero-order valence-corrected chi connectivity index (χ0v) is 15.2. The topological polar surface area (TPSA) is 81.1 Å². The summed E-state index contributed by atoms with van der Waals surface area (Å²) in [5, 5.41) is 9.27. The smallest absolute Gasteiger partial charge is 0.306 e. The summed E-state index contributed by atoms with van der Waals surface area (Å²) in [5.74, 6) is -0.366. The van der Waals surface area contributed by atoms with Gasteiger partial charge in [0.25, 0.3) is 0 Å². The van der Waals surface area contributed by atoms with E-state index in [4.69, 9.17) is 4.42 Å². The molecule has 2 aromatic carbocycles. The number of carboxylic acid groups (broad SMARTS) is 1. The Kier molecular flexibility index (Phi) is 3.97. The molecule has 140 valence electrons. The van der Waals surface area contributed by atoms with Gasteiger partial charge >= 0.3 is 5.97 Å². The van der Waals surface area contributed by atoms with Crippen LogP contribution in [0.25, 0.3) is 33.8 Å². The molecular weight excluding hydrogens is 354 g/mol. The van der Waals surface area contributed by atoms with Gasteiger partial charge in [0.1, 0.15) is 5.52 Å². The summed E-state index contributed by atoms with van der Waals surface area (Å²) in [6, 6.07) is 15.9. The number of nitrogens with zero attached hydrogens (tertiary/aromatic N) is 3. The van der Waals surface area contributed by atoms with Gasteiger partial charge in [0.2, 0.25) is 5.89 Å². The molecule has 1 fully saturated rings. The van der Waals surface area contributed by atoms with Crippen molar-refractivity contribution in [3.8, 4) is 22.7 Å². The highest BCUT2D eigenvalue weighted by atomic mass is 16.4. The van der Waals surface area contributed by atoms with Gasteiger partial charge in [-0.1, -0.05) is 24.3 Å². The molecule has 28 heavy (non-hydrogen) atoms. The van der Waals surface area contributed by atoms with Crippen LogP contribution in [0, 0.1) is 5.92 Å². The quantitative estimate of drug-likeness (QED) is 0.556. The predicted octanol–water partition coefficient (Wildman–Crippen LogP) is 4.78. The number of carbonyl (C=O) groups is 1. The Bertz CT molecular complexity index is 1110. The highest BCUT2D eigenvalue weighted by Gasteiger charge is 2.31. The molecule has 2 heterocycles. The molecule has 0 bridgehead atoms. The van der Waals surface area contributed by atoms with Crippen LogP contribution in [-0.4, -0.2) is 25.6 Å². The van der Waals surface area contributed by atoms with Crippen molar-refractivity contribution in [2.75, 3.05) is 0 Å². The van der Waals surface area contributed by atoms with E-state index in [-0.39, 0.29) is 12.0 Å². The lowest BCUT2D eigenvalue weighted by molar-refractivity contribution is -0.141. The fraction of sp³-hybridized carbons (Fsp3) is 0.227. The molecule has 1 N–H and O–H groups in total. The molecule has 2 atom stereocenters. The first kappa shape index (κ1) is 16.7. The van der Waals surface area contributed by atoms with Crippen LogP contribution in [0.2, 0.25) is 0 Å². The minimum absolute atomic E-state index is 0.176. The molecule has 5 rings (SSSR count). The summed E-state index contributed by atoms with van der Waals surface area (Å²) >= 11 is 0. The predicted molar refractivity (Wildman–Crippen MR) is 105 cm³/mol. The molecule has 6 heteroatoms. The average Bonchev–Trinajstić information content (AvgIpc) is 3.46. The molecule has 4 aromatic rings. The molecule has 0 spiro atoms. The summed E-state index contributed by atoms with van der Waals surface area (Å²) in [4.78, 5) is 20.1. The fourth-order valence-electron chi connectivity index (χ4n) is 4.03. The van der Waals surface area contributed by atoms with Gasteiger partial charge in [-0.05, 0) is 49.1 Å². The van der Waals surface area contributed by atoms with Crippen LogP contribution in [0.15, 0.2) is 65.5 Å². The average molecular weight is 373 g/mol. The third-order valence-corrected chi connectivity index (χ3v) is 5.54. The lowest BCUT2D eigenvalue weighted by Gasteiger charge is -2.15. The summed E-state index contributed by atoms with van der Waals surface area (Å²) in [6.07, 6.45) is 5.87. The van der Waals surface area contributed by atoms with Crippen molar-refractivity contribution in [3.05, 3.63) is 61.1 Å². The van der Waals surface area contributed by atoms with E-state index in [2.05, 4.69) is 14.5 Å². The van der Waals surface area contributed by atoms with Gasteiger partial charge in [-0.3, -0.25) is 4.79 Å². The molecule has 1 aliphatic carbocycles. The Morgan fingerprint density at radius 1 is 1.07 bits per heavy atom. The number of carboxylic acids is 1. The van der Waals surface area contributed by atoms with Crippen LogP contribution in [-0.2, 0) is 4.79 Å². The van der Waals surface area contributed by atoms with E-state index in [9.17, 15) is 9.90 Å². The third kappa shape index (κ3) is 2.87. The van der Waals surface area contributed by atoms with Crippen LogP contribution in [0.1, 0.15) is 25.3 Å². The largest absolute Gasteiger partial charge is 0.481 e. The van der Waals surface area contributed by atoms with Crippen LogP contribution in [0.5, 0.6) is 0 Å². The van der Waals surface area contributed by atoms with Gasteiger partial charge in [-0.25, -0.2) is 9.97 Å². The summed E-state index contributed by atoms with van der Waals surface area (Å²) < 4.78 is 7.95. The molecular formula is C22H19N3O3. The first-order valence-electron chi connectivity index (χ1n) is 9.40. The van der Waals surface area contributed by atoms with E-state index < -0.39 is 5.97 Å². The summed E-state index contributed by atoms with van der Waals surface area (Å²) in [7, 11) is 0. The molecule has 6 nitrogen and oxygen atoms in total. The molecule has 0 unspecified atom stereocenters. The van der Waals surface area contributed by atoms with Crippen molar-refractivity contribution in [1.29, 1.82) is 0 Å².